The van der Waals surface area contributed by atoms with Gasteiger partial charge in [0.25, 0.3) is 0 Å². The van der Waals surface area contributed by atoms with Gasteiger partial charge >= 0.3 is 0 Å². The molecule has 0 unspecified atom stereocenters. The summed E-state index contributed by atoms with van der Waals surface area (Å²) in [5.41, 5.74) is 6.38. The van der Waals surface area contributed by atoms with E-state index in [1.54, 1.807) is 0 Å². The average molecular weight is 294 g/mol. The van der Waals surface area contributed by atoms with Gasteiger partial charge in [0.1, 0.15) is 0 Å². The highest BCUT2D eigenvalue weighted by molar-refractivity contribution is 5.98. The summed E-state index contributed by atoms with van der Waals surface area (Å²) in [4.78, 5) is 0. The van der Waals surface area contributed by atoms with Crippen LogP contribution in [0.1, 0.15) is 5.56 Å². The topological polar surface area (TPSA) is 0 Å². The predicted molar refractivity (Wildman–Crippen MR) is 99.6 cm³/mol. The second-order valence-corrected chi connectivity index (χ2v) is 5.97. The molecule has 0 heteroatoms. The lowest BCUT2D eigenvalue weighted by Gasteiger charge is -2.09. The normalized spacial score (nSPS) is 10.8. The first-order valence-corrected chi connectivity index (χ1v) is 7.96. The van der Waals surface area contributed by atoms with Gasteiger partial charge in [-0.15, -0.1) is 0 Å². The van der Waals surface area contributed by atoms with Crippen molar-refractivity contribution in [2.45, 2.75) is 6.92 Å². The molecule has 0 spiro atoms. The van der Waals surface area contributed by atoms with Crippen LogP contribution in [0.15, 0.2) is 91.0 Å². The van der Waals surface area contributed by atoms with Crippen LogP contribution < -0.4 is 0 Å². The van der Waals surface area contributed by atoms with Gasteiger partial charge in [-0.3, -0.25) is 0 Å². The highest BCUT2D eigenvalue weighted by atomic mass is 14.1. The molecule has 0 fully saturated rings. The van der Waals surface area contributed by atoms with Crippen molar-refractivity contribution < 1.29 is 0 Å². The number of fused-ring (bicyclic) bond motifs is 1. The molecule has 4 rings (SSSR count). The molecule has 23 heavy (non-hydrogen) atoms. The third-order valence-electron chi connectivity index (χ3n) is 4.35. The standard InChI is InChI=1S/C23H18/c1-17-10-12-19(13-11-17)22-9-5-8-21-16-20(14-15-23(21)22)18-6-3-2-4-7-18/h2-16H,1H3. The summed E-state index contributed by atoms with van der Waals surface area (Å²) >= 11 is 0. The zero-order valence-corrected chi connectivity index (χ0v) is 13.2. The van der Waals surface area contributed by atoms with Crippen molar-refractivity contribution in [2.24, 2.45) is 0 Å². The number of rotatable bonds is 2. The molecule has 0 aromatic heterocycles. The van der Waals surface area contributed by atoms with Crippen molar-refractivity contribution in [3.8, 4) is 22.3 Å². The SMILES string of the molecule is Cc1ccc(-c2cccc3cc(-c4ccccc4)ccc23)cc1. The van der Waals surface area contributed by atoms with Gasteiger partial charge in [-0.05, 0) is 46.0 Å². The van der Waals surface area contributed by atoms with Gasteiger partial charge in [0.15, 0.2) is 0 Å². The molecule has 4 aromatic rings. The monoisotopic (exact) mass is 294 g/mol. The fourth-order valence-corrected chi connectivity index (χ4v) is 3.08. The maximum Gasteiger partial charge on any atom is -0.0105 e. The Morgan fingerprint density at radius 2 is 1.26 bits per heavy atom. The molecule has 0 N–H and O–H groups in total. The van der Waals surface area contributed by atoms with Crippen LogP contribution in [0.5, 0.6) is 0 Å². The van der Waals surface area contributed by atoms with E-state index < -0.39 is 0 Å². The molecule has 0 aliphatic heterocycles. The van der Waals surface area contributed by atoms with Gasteiger partial charge in [0, 0.05) is 0 Å². The molecular weight excluding hydrogens is 276 g/mol. The van der Waals surface area contributed by atoms with E-state index in [0.29, 0.717) is 0 Å². The highest BCUT2D eigenvalue weighted by Gasteiger charge is 2.05. The van der Waals surface area contributed by atoms with Crippen molar-refractivity contribution >= 4 is 10.8 Å². The molecule has 0 amide bonds. The minimum Gasteiger partial charge on any atom is -0.0622 e. The number of aryl methyl sites for hydroxylation is 1. The summed E-state index contributed by atoms with van der Waals surface area (Å²) in [6.07, 6.45) is 0. The third-order valence-corrected chi connectivity index (χ3v) is 4.35. The molecule has 0 radical (unpaired) electrons. The lowest BCUT2D eigenvalue weighted by atomic mass is 9.95. The molecule has 0 saturated heterocycles. The zero-order valence-electron chi connectivity index (χ0n) is 13.2. The predicted octanol–water partition coefficient (Wildman–Crippen LogP) is 6.48. The first kappa shape index (κ1) is 13.8. The van der Waals surface area contributed by atoms with Crippen molar-refractivity contribution in [3.63, 3.8) is 0 Å². The zero-order chi connectivity index (χ0) is 15.6. The number of hydrogen-bond acceptors (Lipinski definition) is 0. The van der Waals surface area contributed by atoms with Gasteiger partial charge in [-0.25, -0.2) is 0 Å². The lowest BCUT2D eigenvalue weighted by molar-refractivity contribution is 1.47. The number of benzene rings is 4. The Balaban J connectivity index is 1.87. The van der Waals surface area contributed by atoms with Crippen molar-refractivity contribution in [2.75, 3.05) is 0 Å². The first-order valence-electron chi connectivity index (χ1n) is 7.96. The molecular formula is C23H18. The molecule has 0 aliphatic rings. The van der Waals surface area contributed by atoms with Crippen LogP contribution in [0.2, 0.25) is 0 Å². The van der Waals surface area contributed by atoms with E-state index in [4.69, 9.17) is 0 Å². The van der Waals surface area contributed by atoms with Crippen LogP contribution in [-0.2, 0) is 0 Å². The van der Waals surface area contributed by atoms with Crippen LogP contribution in [-0.4, -0.2) is 0 Å². The van der Waals surface area contributed by atoms with E-state index in [2.05, 4.69) is 97.9 Å². The minimum atomic E-state index is 1.26. The van der Waals surface area contributed by atoms with Gasteiger partial charge in [-0.2, -0.15) is 0 Å². The average Bonchev–Trinajstić information content (AvgIpc) is 2.62. The fraction of sp³-hybridized carbons (Fsp3) is 0.0435. The molecule has 110 valence electrons. The van der Waals surface area contributed by atoms with Crippen LogP contribution in [0, 0.1) is 6.92 Å². The van der Waals surface area contributed by atoms with E-state index in [0.717, 1.165) is 0 Å². The van der Waals surface area contributed by atoms with Crippen LogP contribution in [0.3, 0.4) is 0 Å². The Bertz CT molecular complexity index is 948. The van der Waals surface area contributed by atoms with Gasteiger partial charge in [-0.1, -0.05) is 90.5 Å². The Morgan fingerprint density at radius 1 is 0.522 bits per heavy atom. The maximum absolute atomic E-state index is 2.28. The molecule has 0 bridgehead atoms. The quantitative estimate of drug-likeness (QED) is 0.397. The summed E-state index contributed by atoms with van der Waals surface area (Å²) in [6.45, 7) is 2.12. The molecule has 0 saturated carbocycles. The fourth-order valence-electron chi connectivity index (χ4n) is 3.08. The lowest BCUT2D eigenvalue weighted by Crippen LogP contribution is -1.84. The maximum atomic E-state index is 2.28. The minimum absolute atomic E-state index is 1.26. The second-order valence-electron chi connectivity index (χ2n) is 5.97. The van der Waals surface area contributed by atoms with Crippen molar-refractivity contribution in [1.29, 1.82) is 0 Å². The summed E-state index contributed by atoms with van der Waals surface area (Å²) in [5, 5.41) is 2.58. The van der Waals surface area contributed by atoms with E-state index in [-0.39, 0.29) is 0 Å². The van der Waals surface area contributed by atoms with E-state index in [1.807, 2.05) is 0 Å². The Morgan fingerprint density at radius 3 is 2.04 bits per heavy atom. The number of hydrogen-bond donors (Lipinski definition) is 0. The Kier molecular flexibility index (Phi) is 3.44. The summed E-state index contributed by atoms with van der Waals surface area (Å²) in [7, 11) is 0. The third kappa shape index (κ3) is 2.64. The molecule has 0 atom stereocenters. The van der Waals surface area contributed by atoms with Crippen molar-refractivity contribution in [3.05, 3.63) is 96.6 Å². The van der Waals surface area contributed by atoms with E-state index in [1.165, 1.54) is 38.6 Å². The Labute approximate surface area is 137 Å². The first-order chi connectivity index (χ1) is 11.3. The highest BCUT2D eigenvalue weighted by Crippen LogP contribution is 2.31. The molecule has 0 aliphatic carbocycles. The largest absolute Gasteiger partial charge is 0.0622 e. The smallest absolute Gasteiger partial charge is 0.0105 e. The van der Waals surface area contributed by atoms with Gasteiger partial charge in [0.2, 0.25) is 0 Å². The molecule has 0 nitrogen and oxygen atoms in total. The van der Waals surface area contributed by atoms with Crippen molar-refractivity contribution in [1.82, 2.24) is 0 Å². The van der Waals surface area contributed by atoms with Crippen LogP contribution in [0.4, 0.5) is 0 Å². The summed E-state index contributed by atoms with van der Waals surface area (Å²) in [5.74, 6) is 0. The van der Waals surface area contributed by atoms with E-state index >= 15 is 0 Å². The second kappa shape index (κ2) is 5.73. The van der Waals surface area contributed by atoms with Gasteiger partial charge < -0.3 is 0 Å². The molecule has 4 aromatic carbocycles. The van der Waals surface area contributed by atoms with Gasteiger partial charge in [0.05, 0.1) is 0 Å². The Hall–Kier alpha value is -2.86. The molecule has 0 heterocycles. The van der Waals surface area contributed by atoms with Crippen LogP contribution >= 0.6 is 0 Å². The van der Waals surface area contributed by atoms with Crippen LogP contribution in [0.25, 0.3) is 33.0 Å². The van der Waals surface area contributed by atoms with E-state index in [9.17, 15) is 0 Å². The summed E-state index contributed by atoms with van der Waals surface area (Å²) in [6, 6.07) is 32.6. The summed E-state index contributed by atoms with van der Waals surface area (Å²) < 4.78 is 0.